The third-order valence-corrected chi connectivity index (χ3v) is 2.10. The Morgan fingerprint density at radius 2 is 1.69 bits per heavy atom. The monoisotopic (exact) mass is 228 g/mol. The molecule has 0 bridgehead atoms. The lowest BCUT2D eigenvalue weighted by Gasteiger charge is -2.07. The molecule has 0 atom stereocenters. The van der Waals surface area contributed by atoms with Gasteiger partial charge in [-0.25, -0.2) is 4.68 Å². The van der Waals surface area contributed by atoms with E-state index in [4.69, 9.17) is 0 Å². The van der Waals surface area contributed by atoms with Crippen molar-refractivity contribution in [2.24, 2.45) is 0 Å². The first kappa shape index (κ1) is 10.5. The molecule has 0 aliphatic carbocycles. The lowest BCUT2D eigenvalue weighted by Crippen LogP contribution is -2.13. The number of benzene rings is 1. The summed E-state index contributed by atoms with van der Waals surface area (Å²) in [6.45, 7) is 0. The molecule has 2 aromatic rings. The number of hydrogen-bond donors (Lipinski definition) is 1. The molecule has 0 radical (unpaired) electrons. The van der Waals surface area contributed by atoms with Crippen LogP contribution in [-0.2, 0) is 6.18 Å². The number of nitrogens with zero attached hydrogens (tertiary/aromatic N) is 1. The summed E-state index contributed by atoms with van der Waals surface area (Å²) in [6, 6.07) is 5.63. The van der Waals surface area contributed by atoms with Gasteiger partial charge in [-0.05, 0) is 24.3 Å². The maximum Gasteiger partial charge on any atom is 0.416 e. The molecule has 0 unspecified atom stereocenters. The first-order valence-corrected chi connectivity index (χ1v) is 4.42. The van der Waals surface area contributed by atoms with Crippen LogP contribution in [0.1, 0.15) is 5.56 Å². The number of halogens is 3. The van der Waals surface area contributed by atoms with E-state index in [1.807, 2.05) is 0 Å². The summed E-state index contributed by atoms with van der Waals surface area (Å²) in [7, 11) is 0. The molecule has 0 saturated heterocycles. The van der Waals surface area contributed by atoms with Crippen LogP contribution < -0.4 is 5.56 Å². The maximum absolute atomic E-state index is 12.3. The highest BCUT2D eigenvalue weighted by atomic mass is 19.4. The minimum Gasteiger partial charge on any atom is -0.298 e. The zero-order valence-corrected chi connectivity index (χ0v) is 7.95. The number of rotatable bonds is 1. The van der Waals surface area contributed by atoms with Crippen molar-refractivity contribution in [3.63, 3.8) is 0 Å². The van der Waals surface area contributed by atoms with Gasteiger partial charge in [-0.3, -0.25) is 9.89 Å². The number of nitrogens with one attached hydrogen (secondary N) is 1. The Labute approximate surface area is 88.1 Å². The summed E-state index contributed by atoms with van der Waals surface area (Å²) in [5, 5.41) is 2.60. The van der Waals surface area contributed by atoms with Gasteiger partial charge in [0.2, 0.25) is 0 Å². The van der Waals surface area contributed by atoms with Crippen molar-refractivity contribution in [3.8, 4) is 5.69 Å². The number of hydrogen-bond acceptors (Lipinski definition) is 1. The van der Waals surface area contributed by atoms with E-state index in [0.717, 1.165) is 16.8 Å². The minimum absolute atomic E-state index is 0.320. The van der Waals surface area contributed by atoms with E-state index in [1.54, 1.807) is 0 Å². The Bertz CT molecular complexity index is 536. The lowest BCUT2D eigenvalue weighted by molar-refractivity contribution is -0.137. The molecule has 84 valence electrons. The standard InChI is InChI=1S/C10H7F3N2O/c11-10(12,13)7-1-3-8(4-2-7)15-9(16)5-6-14-15/h1-6,14H. The van der Waals surface area contributed by atoms with Crippen molar-refractivity contribution in [1.82, 2.24) is 9.78 Å². The lowest BCUT2D eigenvalue weighted by atomic mass is 10.2. The van der Waals surface area contributed by atoms with Crippen LogP contribution in [0.2, 0.25) is 0 Å². The average molecular weight is 228 g/mol. The second kappa shape index (κ2) is 3.55. The fraction of sp³-hybridized carbons (Fsp3) is 0.100. The quantitative estimate of drug-likeness (QED) is 0.798. The van der Waals surface area contributed by atoms with Crippen LogP contribution in [-0.4, -0.2) is 9.78 Å². The predicted octanol–water partition coefficient (Wildman–Crippen LogP) is 2.18. The number of aromatic nitrogens is 2. The SMILES string of the molecule is O=c1cc[nH]n1-c1ccc(C(F)(F)F)cc1. The van der Waals surface area contributed by atoms with Gasteiger partial charge in [0.15, 0.2) is 0 Å². The highest BCUT2D eigenvalue weighted by molar-refractivity contribution is 5.34. The molecule has 2 rings (SSSR count). The van der Waals surface area contributed by atoms with Crippen molar-refractivity contribution >= 4 is 0 Å². The van der Waals surface area contributed by atoms with Crippen molar-refractivity contribution in [2.45, 2.75) is 6.18 Å². The Hall–Kier alpha value is -1.98. The zero-order chi connectivity index (χ0) is 11.8. The molecule has 3 nitrogen and oxygen atoms in total. The second-order valence-corrected chi connectivity index (χ2v) is 3.18. The molecule has 0 fully saturated rings. The third-order valence-electron chi connectivity index (χ3n) is 2.10. The van der Waals surface area contributed by atoms with E-state index >= 15 is 0 Å². The van der Waals surface area contributed by atoms with Crippen molar-refractivity contribution < 1.29 is 13.2 Å². The molecular weight excluding hydrogens is 221 g/mol. The molecule has 0 amide bonds. The number of alkyl halides is 3. The molecule has 1 heterocycles. The smallest absolute Gasteiger partial charge is 0.298 e. The maximum atomic E-state index is 12.3. The first-order chi connectivity index (χ1) is 7.48. The summed E-state index contributed by atoms with van der Waals surface area (Å²) in [5.41, 5.74) is -0.696. The fourth-order valence-electron chi connectivity index (χ4n) is 1.32. The van der Waals surface area contributed by atoms with Crippen molar-refractivity contribution in [1.29, 1.82) is 0 Å². The summed E-state index contributed by atoms with van der Waals surface area (Å²) in [4.78, 5) is 11.2. The van der Waals surface area contributed by atoms with E-state index in [1.165, 1.54) is 24.4 Å². The van der Waals surface area contributed by atoms with Gasteiger partial charge < -0.3 is 0 Å². The van der Waals surface area contributed by atoms with E-state index < -0.39 is 11.7 Å². The summed E-state index contributed by atoms with van der Waals surface area (Å²) in [6.07, 6.45) is -2.95. The van der Waals surface area contributed by atoms with E-state index in [0.29, 0.717) is 5.69 Å². The van der Waals surface area contributed by atoms with Gasteiger partial charge in [0.25, 0.3) is 5.56 Å². The van der Waals surface area contributed by atoms with Gasteiger partial charge in [-0.2, -0.15) is 13.2 Å². The molecule has 1 N–H and O–H groups in total. The Morgan fingerprint density at radius 3 is 2.12 bits per heavy atom. The Kier molecular flexibility index (Phi) is 2.34. The Balaban J connectivity index is 2.41. The van der Waals surface area contributed by atoms with Crippen LogP contribution in [0, 0.1) is 0 Å². The Morgan fingerprint density at radius 1 is 1.06 bits per heavy atom. The van der Waals surface area contributed by atoms with Crippen LogP contribution in [0.25, 0.3) is 5.69 Å². The molecule has 16 heavy (non-hydrogen) atoms. The molecule has 0 saturated carbocycles. The van der Waals surface area contributed by atoms with Crippen molar-refractivity contribution in [3.05, 3.63) is 52.4 Å². The van der Waals surface area contributed by atoms with Gasteiger partial charge in [-0.1, -0.05) is 0 Å². The molecular formula is C10H7F3N2O. The van der Waals surface area contributed by atoms with Gasteiger partial charge in [0.05, 0.1) is 11.3 Å². The van der Waals surface area contributed by atoms with Crippen LogP contribution in [0.15, 0.2) is 41.3 Å². The van der Waals surface area contributed by atoms with E-state index in [9.17, 15) is 18.0 Å². The van der Waals surface area contributed by atoms with Gasteiger partial charge in [0, 0.05) is 12.3 Å². The summed E-state index contributed by atoms with van der Waals surface area (Å²) in [5.74, 6) is 0. The largest absolute Gasteiger partial charge is 0.416 e. The van der Waals surface area contributed by atoms with Gasteiger partial charge in [0.1, 0.15) is 0 Å². The normalized spacial score (nSPS) is 11.7. The fourth-order valence-corrected chi connectivity index (χ4v) is 1.32. The van der Waals surface area contributed by atoms with Crippen LogP contribution in [0.4, 0.5) is 13.2 Å². The van der Waals surface area contributed by atoms with Crippen molar-refractivity contribution in [2.75, 3.05) is 0 Å². The molecule has 0 spiro atoms. The molecule has 0 aliphatic heterocycles. The summed E-state index contributed by atoms with van der Waals surface area (Å²) >= 11 is 0. The summed E-state index contributed by atoms with van der Waals surface area (Å²) < 4.78 is 37.9. The minimum atomic E-state index is -4.36. The zero-order valence-electron chi connectivity index (χ0n) is 7.95. The van der Waals surface area contributed by atoms with Crippen LogP contribution in [0.5, 0.6) is 0 Å². The molecule has 1 aromatic carbocycles. The third kappa shape index (κ3) is 1.86. The predicted molar refractivity (Wildman–Crippen MR) is 51.4 cm³/mol. The molecule has 1 aromatic heterocycles. The van der Waals surface area contributed by atoms with Crippen LogP contribution in [0.3, 0.4) is 0 Å². The van der Waals surface area contributed by atoms with E-state index in [2.05, 4.69) is 5.10 Å². The second-order valence-electron chi connectivity index (χ2n) is 3.18. The highest BCUT2D eigenvalue weighted by Crippen LogP contribution is 2.29. The average Bonchev–Trinajstić information content (AvgIpc) is 2.63. The van der Waals surface area contributed by atoms with E-state index in [-0.39, 0.29) is 5.56 Å². The van der Waals surface area contributed by atoms with Gasteiger partial charge in [-0.15, -0.1) is 0 Å². The highest BCUT2D eigenvalue weighted by Gasteiger charge is 2.29. The molecule has 0 aliphatic rings. The number of aromatic amines is 1. The topological polar surface area (TPSA) is 37.8 Å². The van der Waals surface area contributed by atoms with Gasteiger partial charge >= 0.3 is 6.18 Å². The van der Waals surface area contributed by atoms with Crippen LogP contribution >= 0.6 is 0 Å². The molecule has 6 heteroatoms. The first-order valence-electron chi connectivity index (χ1n) is 4.42. The number of H-pyrrole nitrogens is 1.